The van der Waals surface area contributed by atoms with Crippen molar-refractivity contribution in [1.29, 1.82) is 0 Å². The first kappa shape index (κ1) is 31.9. The Kier molecular flexibility index (Phi) is 9.31. The maximum absolute atomic E-state index is 14.8. The van der Waals surface area contributed by atoms with Crippen molar-refractivity contribution in [2.45, 2.75) is 37.6 Å². The summed E-state index contributed by atoms with van der Waals surface area (Å²) in [5.41, 5.74) is 1.90. The van der Waals surface area contributed by atoms with Gasteiger partial charge in [-0.2, -0.15) is 10.2 Å². The lowest BCUT2D eigenvalue weighted by Gasteiger charge is -2.38. The summed E-state index contributed by atoms with van der Waals surface area (Å²) in [4.78, 5) is 22.9. The number of rotatable bonds is 10. The summed E-state index contributed by atoms with van der Waals surface area (Å²) < 4.78 is 50.7. The van der Waals surface area contributed by atoms with E-state index in [1.807, 2.05) is 17.2 Å². The summed E-state index contributed by atoms with van der Waals surface area (Å²) in [6.45, 7) is 0.955. The fourth-order valence-electron chi connectivity index (χ4n) is 5.94. The van der Waals surface area contributed by atoms with E-state index in [1.54, 1.807) is 36.3 Å². The highest BCUT2D eigenvalue weighted by molar-refractivity contribution is 5.82. The van der Waals surface area contributed by atoms with E-state index in [0.29, 0.717) is 37.2 Å². The minimum Gasteiger partial charge on any atom is -0.445 e. The van der Waals surface area contributed by atoms with Gasteiger partial charge >= 0.3 is 6.09 Å². The van der Waals surface area contributed by atoms with E-state index in [4.69, 9.17) is 4.74 Å². The van der Waals surface area contributed by atoms with Crippen LogP contribution in [0, 0.1) is 17.5 Å². The largest absolute Gasteiger partial charge is 0.445 e. The van der Waals surface area contributed by atoms with Crippen LogP contribution in [0.5, 0.6) is 0 Å². The van der Waals surface area contributed by atoms with Gasteiger partial charge in [-0.15, -0.1) is 0 Å². The first-order valence-corrected chi connectivity index (χ1v) is 15.1. The number of carbonyl (C=O) groups excluding carboxylic acids is 1. The molecule has 1 aliphatic rings. The number of aliphatic hydroxyl groups is 1. The Morgan fingerprint density at radius 2 is 1.79 bits per heavy atom. The summed E-state index contributed by atoms with van der Waals surface area (Å²) >= 11 is 0. The number of pyridine rings is 1. The molecule has 1 aliphatic heterocycles. The number of aryl methyl sites for hydroxylation is 1. The van der Waals surface area contributed by atoms with Crippen LogP contribution in [0.25, 0.3) is 22.4 Å². The van der Waals surface area contributed by atoms with Crippen molar-refractivity contribution in [3.63, 3.8) is 0 Å². The van der Waals surface area contributed by atoms with Crippen LogP contribution in [-0.4, -0.2) is 71.3 Å². The molecule has 2 aromatic carbocycles. The highest BCUT2D eigenvalue weighted by atomic mass is 19.1. The van der Waals surface area contributed by atoms with Crippen molar-refractivity contribution in [3.05, 3.63) is 108 Å². The monoisotopic (exact) mass is 646 g/mol. The molecular weight excluding hydrogens is 613 g/mol. The number of hydrogen-bond donors (Lipinski definition) is 2. The Hall–Kier alpha value is -5.08. The summed E-state index contributed by atoms with van der Waals surface area (Å²) in [6, 6.07) is 10.8. The van der Waals surface area contributed by atoms with Gasteiger partial charge in [0.1, 0.15) is 48.0 Å². The fraction of sp³-hybridized carbons (Fsp3) is 0.303. The Labute approximate surface area is 268 Å². The summed E-state index contributed by atoms with van der Waals surface area (Å²) in [7, 11) is 1.80. The van der Waals surface area contributed by atoms with Crippen LogP contribution >= 0.6 is 0 Å². The molecule has 4 heterocycles. The van der Waals surface area contributed by atoms with Gasteiger partial charge in [-0.25, -0.2) is 27.6 Å². The first-order chi connectivity index (χ1) is 22.7. The standard InChI is InChI=1S/C33H33F3N8O3/c1-42-16-28(31(41-42)22-2-4-24(34)5-3-22)27-8-11-37-15-23(27)17-47-32(45)40-26-9-12-43(13-10-26)18-33(46,19-44-21-38-20-39-44)29-7-6-25(35)14-30(29)36/h2-8,11,14-16,20-21,26,46H,9-10,12-13,17-19H2,1H3,(H,40,45). The van der Waals surface area contributed by atoms with Crippen LogP contribution in [0.4, 0.5) is 18.0 Å². The number of alkyl carbamates (subject to hydrolysis) is 1. The molecule has 244 valence electrons. The predicted octanol–water partition coefficient (Wildman–Crippen LogP) is 4.44. The number of nitrogens with one attached hydrogen (secondary N) is 1. The number of benzene rings is 2. The Balaban J connectivity index is 1.06. The van der Waals surface area contributed by atoms with E-state index >= 15 is 0 Å². The lowest BCUT2D eigenvalue weighted by molar-refractivity contribution is -0.0272. The number of halogens is 3. The second-order valence-corrected chi connectivity index (χ2v) is 11.6. The van der Waals surface area contributed by atoms with Crippen LogP contribution in [-0.2, 0) is 30.5 Å². The minimum atomic E-state index is -1.71. The highest BCUT2D eigenvalue weighted by Gasteiger charge is 2.37. The molecule has 0 radical (unpaired) electrons. The number of β-amino-alcohol motifs (C(OH)–C–C–N with tert-alkyl or cyclic N) is 1. The second kappa shape index (κ2) is 13.7. The summed E-state index contributed by atoms with van der Waals surface area (Å²) in [5, 5.41) is 23.2. The van der Waals surface area contributed by atoms with Gasteiger partial charge in [-0.05, 0) is 54.8 Å². The number of hydrogen-bond acceptors (Lipinski definition) is 8. The van der Waals surface area contributed by atoms with Crippen LogP contribution in [0.2, 0.25) is 0 Å². The van der Waals surface area contributed by atoms with E-state index in [2.05, 4.69) is 25.5 Å². The Bertz CT molecular complexity index is 1830. The SMILES string of the molecule is Cn1cc(-c2ccncc2COC(=O)NC2CCN(CC(O)(Cn3cncn3)c3ccc(F)cc3F)CC2)c(-c2ccc(F)cc2)n1. The number of likely N-dealkylation sites (tertiary alicyclic amines) is 1. The third kappa shape index (κ3) is 7.50. The molecule has 1 amide bonds. The van der Waals surface area contributed by atoms with Crippen molar-refractivity contribution >= 4 is 6.09 Å². The van der Waals surface area contributed by atoms with Crippen LogP contribution in [0.3, 0.4) is 0 Å². The average Bonchev–Trinajstić information content (AvgIpc) is 3.70. The Morgan fingerprint density at radius 3 is 2.51 bits per heavy atom. The molecule has 1 fully saturated rings. The zero-order valence-electron chi connectivity index (χ0n) is 25.6. The van der Waals surface area contributed by atoms with Gasteiger partial charge in [0.15, 0.2) is 0 Å². The van der Waals surface area contributed by atoms with Gasteiger partial charge in [0, 0.05) is 79.6 Å². The van der Waals surface area contributed by atoms with E-state index in [-0.39, 0.29) is 37.1 Å². The van der Waals surface area contributed by atoms with Gasteiger partial charge < -0.3 is 15.2 Å². The third-order valence-corrected chi connectivity index (χ3v) is 8.22. The van der Waals surface area contributed by atoms with E-state index in [9.17, 15) is 23.1 Å². The van der Waals surface area contributed by atoms with Crippen LogP contribution in [0.1, 0.15) is 24.0 Å². The minimum absolute atomic E-state index is 0.0375. The van der Waals surface area contributed by atoms with E-state index in [0.717, 1.165) is 28.8 Å². The Morgan fingerprint density at radius 1 is 1.02 bits per heavy atom. The molecule has 14 heteroatoms. The molecule has 0 bridgehead atoms. The van der Waals surface area contributed by atoms with Gasteiger partial charge in [-0.3, -0.25) is 14.6 Å². The molecule has 5 aromatic rings. The number of aromatic nitrogens is 6. The number of amides is 1. The molecule has 1 atom stereocenters. The lowest BCUT2D eigenvalue weighted by Crippen LogP contribution is -2.50. The molecular formula is C33H33F3N8O3. The predicted molar refractivity (Wildman–Crippen MR) is 165 cm³/mol. The smallest absolute Gasteiger partial charge is 0.407 e. The zero-order valence-corrected chi connectivity index (χ0v) is 25.6. The highest BCUT2D eigenvalue weighted by Crippen LogP contribution is 2.33. The quantitative estimate of drug-likeness (QED) is 0.229. The normalized spacial score (nSPS) is 15.3. The third-order valence-electron chi connectivity index (χ3n) is 8.22. The van der Waals surface area contributed by atoms with Crippen molar-refractivity contribution in [2.75, 3.05) is 19.6 Å². The molecule has 1 saturated heterocycles. The molecule has 0 spiro atoms. The number of carbonyl (C=O) groups is 1. The number of nitrogens with zero attached hydrogens (tertiary/aromatic N) is 7. The zero-order chi connectivity index (χ0) is 33.0. The molecule has 2 N–H and O–H groups in total. The van der Waals surface area contributed by atoms with E-state index < -0.39 is 23.3 Å². The van der Waals surface area contributed by atoms with Crippen LogP contribution < -0.4 is 5.32 Å². The molecule has 0 aliphatic carbocycles. The number of piperidine rings is 1. The van der Waals surface area contributed by atoms with Crippen molar-refractivity contribution in [3.8, 4) is 22.4 Å². The fourth-order valence-corrected chi connectivity index (χ4v) is 5.94. The molecule has 11 nitrogen and oxygen atoms in total. The van der Waals surface area contributed by atoms with Crippen LogP contribution in [0.15, 0.2) is 79.8 Å². The first-order valence-electron chi connectivity index (χ1n) is 15.1. The second-order valence-electron chi connectivity index (χ2n) is 11.6. The van der Waals surface area contributed by atoms with Crippen molar-refractivity contribution in [1.82, 2.24) is 39.7 Å². The van der Waals surface area contributed by atoms with Gasteiger partial charge in [0.25, 0.3) is 0 Å². The lowest BCUT2D eigenvalue weighted by atomic mass is 9.91. The summed E-state index contributed by atoms with van der Waals surface area (Å²) in [5.74, 6) is -1.93. The maximum atomic E-state index is 14.8. The van der Waals surface area contributed by atoms with Gasteiger partial charge in [-0.1, -0.05) is 6.07 Å². The maximum Gasteiger partial charge on any atom is 0.407 e. The molecule has 1 unspecified atom stereocenters. The average molecular weight is 647 g/mol. The summed E-state index contributed by atoms with van der Waals surface area (Å²) in [6.07, 6.45) is 8.41. The molecule has 47 heavy (non-hydrogen) atoms. The van der Waals surface area contributed by atoms with E-state index in [1.165, 1.54) is 35.5 Å². The molecule has 6 rings (SSSR count). The van der Waals surface area contributed by atoms with Crippen molar-refractivity contribution < 1.29 is 27.8 Å². The van der Waals surface area contributed by atoms with Gasteiger partial charge in [0.2, 0.25) is 0 Å². The van der Waals surface area contributed by atoms with Crippen molar-refractivity contribution in [2.24, 2.45) is 7.05 Å². The topological polar surface area (TPSA) is 123 Å². The molecule has 3 aromatic heterocycles. The van der Waals surface area contributed by atoms with Gasteiger partial charge in [0.05, 0.1) is 6.54 Å². The number of ether oxygens (including phenoxy) is 1. The molecule has 0 saturated carbocycles.